The summed E-state index contributed by atoms with van der Waals surface area (Å²) in [5, 5.41) is 12.2. The van der Waals surface area contributed by atoms with E-state index in [1.807, 2.05) is 0 Å². The molecule has 7 heteroatoms. The van der Waals surface area contributed by atoms with Crippen molar-refractivity contribution in [3.8, 4) is 11.5 Å². The molecule has 1 aliphatic rings. The number of pyridine rings is 1. The van der Waals surface area contributed by atoms with Crippen LogP contribution in [0.5, 0.6) is 11.5 Å². The number of halogens is 1. The summed E-state index contributed by atoms with van der Waals surface area (Å²) in [4.78, 5) is 15.3. The Kier molecular flexibility index (Phi) is 3.66. The Hall–Kier alpha value is -2.28. The SMILES string of the molecule is O=C(O)c1cc(Br)cnc1Nc1ccc2c(c1)OCCO2. The van der Waals surface area contributed by atoms with Gasteiger partial charge in [-0.1, -0.05) is 0 Å². The van der Waals surface area contributed by atoms with Crippen molar-refractivity contribution in [2.45, 2.75) is 0 Å². The predicted octanol–water partition coefficient (Wildman–Crippen LogP) is 3.06. The number of ether oxygens (including phenoxy) is 2. The number of aromatic nitrogens is 1. The molecule has 0 spiro atoms. The Bertz CT molecular complexity index is 705. The summed E-state index contributed by atoms with van der Waals surface area (Å²) in [6.45, 7) is 1.02. The molecule has 0 unspecified atom stereocenters. The van der Waals surface area contributed by atoms with Gasteiger partial charge in [-0.15, -0.1) is 0 Å². The van der Waals surface area contributed by atoms with E-state index in [0.29, 0.717) is 34.9 Å². The summed E-state index contributed by atoms with van der Waals surface area (Å²) in [7, 11) is 0. The second-order valence-electron chi connectivity index (χ2n) is 4.34. The number of nitrogens with zero attached hydrogens (tertiary/aromatic N) is 1. The Morgan fingerprint density at radius 2 is 2.00 bits per heavy atom. The fourth-order valence-corrected chi connectivity index (χ4v) is 2.29. The maximum Gasteiger partial charge on any atom is 0.339 e. The van der Waals surface area contributed by atoms with Crippen LogP contribution >= 0.6 is 15.9 Å². The largest absolute Gasteiger partial charge is 0.486 e. The van der Waals surface area contributed by atoms with Crippen LogP contribution in [-0.2, 0) is 0 Å². The van der Waals surface area contributed by atoms with Gasteiger partial charge >= 0.3 is 5.97 Å². The molecule has 1 aromatic heterocycles. The molecule has 0 amide bonds. The van der Waals surface area contributed by atoms with Gasteiger partial charge in [0.1, 0.15) is 24.6 Å². The zero-order valence-electron chi connectivity index (χ0n) is 10.8. The number of nitrogens with one attached hydrogen (secondary N) is 1. The lowest BCUT2D eigenvalue weighted by molar-refractivity contribution is 0.0697. The van der Waals surface area contributed by atoms with Crippen molar-refractivity contribution in [3.05, 3.63) is 40.5 Å². The molecule has 0 aliphatic carbocycles. The minimum atomic E-state index is -1.05. The van der Waals surface area contributed by atoms with E-state index in [2.05, 4.69) is 26.2 Å². The average molecular weight is 351 g/mol. The van der Waals surface area contributed by atoms with Crippen LogP contribution in [-0.4, -0.2) is 29.3 Å². The predicted molar refractivity (Wildman–Crippen MR) is 79.6 cm³/mol. The Morgan fingerprint density at radius 3 is 2.76 bits per heavy atom. The third-order valence-electron chi connectivity index (χ3n) is 2.89. The monoisotopic (exact) mass is 350 g/mol. The second-order valence-corrected chi connectivity index (χ2v) is 5.25. The standard InChI is InChI=1S/C14H11BrN2O4/c15-8-5-10(14(18)19)13(16-7-8)17-9-1-2-11-12(6-9)21-4-3-20-11/h1-2,5-7H,3-4H2,(H,16,17)(H,18,19). The fraction of sp³-hybridized carbons (Fsp3) is 0.143. The molecule has 0 saturated heterocycles. The van der Waals surface area contributed by atoms with Crippen LogP contribution in [0.15, 0.2) is 34.9 Å². The molecule has 21 heavy (non-hydrogen) atoms. The van der Waals surface area contributed by atoms with Crippen LogP contribution < -0.4 is 14.8 Å². The van der Waals surface area contributed by atoms with Crippen LogP contribution in [0.25, 0.3) is 0 Å². The molecule has 0 fully saturated rings. The van der Waals surface area contributed by atoms with Crippen molar-refractivity contribution in [3.63, 3.8) is 0 Å². The lowest BCUT2D eigenvalue weighted by atomic mass is 10.2. The first-order valence-electron chi connectivity index (χ1n) is 6.19. The van der Waals surface area contributed by atoms with Crippen molar-refractivity contribution >= 4 is 33.4 Å². The van der Waals surface area contributed by atoms with E-state index in [9.17, 15) is 9.90 Å². The molecular weight excluding hydrogens is 340 g/mol. The Morgan fingerprint density at radius 1 is 1.24 bits per heavy atom. The van der Waals surface area contributed by atoms with Crippen LogP contribution in [0.1, 0.15) is 10.4 Å². The van der Waals surface area contributed by atoms with E-state index in [4.69, 9.17) is 9.47 Å². The lowest BCUT2D eigenvalue weighted by Gasteiger charge is -2.19. The molecule has 2 aromatic rings. The van der Waals surface area contributed by atoms with Gasteiger partial charge < -0.3 is 19.9 Å². The van der Waals surface area contributed by atoms with Crippen molar-refractivity contribution in [2.75, 3.05) is 18.5 Å². The van der Waals surface area contributed by atoms with Gasteiger partial charge in [-0.05, 0) is 34.1 Å². The first-order valence-corrected chi connectivity index (χ1v) is 6.98. The van der Waals surface area contributed by atoms with Gasteiger partial charge in [0.15, 0.2) is 11.5 Å². The minimum Gasteiger partial charge on any atom is -0.486 e. The molecule has 2 heterocycles. The quantitative estimate of drug-likeness (QED) is 0.885. The Balaban J connectivity index is 1.92. The average Bonchev–Trinajstić information content (AvgIpc) is 2.49. The van der Waals surface area contributed by atoms with Crippen molar-refractivity contribution < 1.29 is 19.4 Å². The molecular formula is C14H11BrN2O4. The van der Waals surface area contributed by atoms with Crippen LogP contribution in [0.4, 0.5) is 11.5 Å². The molecule has 6 nitrogen and oxygen atoms in total. The molecule has 1 aliphatic heterocycles. The molecule has 0 bridgehead atoms. The van der Waals surface area contributed by atoms with E-state index in [1.54, 1.807) is 18.2 Å². The highest BCUT2D eigenvalue weighted by Gasteiger charge is 2.15. The summed E-state index contributed by atoms with van der Waals surface area (Å²) >= 11 is 3.21. The maximum atomic E-state index is 11.3. The highest BCUT2D eigenvalue weighted by atomic mass is 79.9. The maximum absolute atomic E-state index is 11.3. The minimum absolute atomic E-state index is 0.0827. The number of fused-ring (bicyclic) bond motifs is 1. The van der Waals surface area contributed by atoms with Crippen molar-refractivity contribution in [1.82, 2.24) is 4.98 Å². The zero-order valence-corrected chi connectivity index (χ0v) is 12.4. The molecule has 1 aromatic carbocycles. The van der Waals surface area contributed by atoms with Crippen molar-refractivity contribution in [1.29, 1.82) is 0 Å². The number of aromatic carboxylic acids is 1. The summed E-state index contributed by atoms with van der Waals surface area (Å²) in [6, 6.07) is 6.80. The smallest absolute Gasteiger partial charge is 0.339 e. The summed E-state index contributed by atoms with van der Waals surface area (Å²) in [5.41, 5.74) is 0.760. The third-order valence-corrected chi connectivity index (χ3v) is 3.32. The molecule has 0 atom stereocenters. The summed E-state index contributed by atoms with van der Waals surface area (Å²) < 4.78 is 11.5. The third kappa shape index (κ3) is 2.92. The van der Waals surface area contributed by atoms with Crippen LogP contribution in [0, 0.1) is 0 Å². The molecule has 2 N–H and O–H groups in total. The van der Waals surface area contributed by atoms with Gasteiger partial charge in [0.05, 0.1) is 0 Å². The van der Waals surface area contributed by atoms with Crippen molar-refractivity contribution in [2.24, 2.45) is 0 Å². The number of carboxylic acids is 1. The van der Waals surface area contributed by atoms with Crippen LogP contribution in [0.2, 0.25) is 0 Å². The van der Waals surface area contributed by atoms with E-state index in [0.717, 1.165) is 0 Å². The van der Waals surface area contributed by atoms with Gasteiger partial charge in [-0.25, -0.2) is 9.78 Å². The lowest BCUT2D eigenvalue weighted by Crippen LogP contribution is -2.15. The van der Waals surface area contributed by atoms with Crippen LogP contribution in [0.3, 0.4) is 0 Å². The van der Waals surface area contributed by atoms with E-state index < -0.39 is 5.97 Å². The highest BCUT2D eigenvalue weighted by Crippen LogP contribution is 2.33. The summed E-state index contributed by atoms with van der Waals surface area (Å²) in [6.07, 6.45) is 1.53. The van der Waals surface area contributed by atoms with E-state index in [1.165, 1.54) is 12.3 Å². The number of carboxylic acid groups (broad SMARTS) is 1. The number of hydrogen-bond acceptors (Lipinski definition) is 5. The first-order chi connectivity index (χ1) is 10.1. The molecule has 0 saturated carbocycles. The summed E-state index contributed by atoms with van der Waals surface area (Å²) in [5.74, 6) is 0.514. The topological polar surface area (TPSA) is 80.7 Å². The number of hydrogen-bond donors (Lipinski definition) is 2. The number of benzene rings is 1. The van der Waals surface area contributed by atoms with Gasteiger partial charge in [0, 0.05) is 22.4 Å². The van der Waals surface area contributed by atoms with Gasteiger partial charge in [-0.2, -0.15) is 0 Å². The zero-order chi connectivity index (χ0) is 14.8. The Labute approximate surface area is 128 Å². The van der Waals surface area contributed by atoms with E-state index >= 15 is 0 Å². The van der Waals surface area contributed by atoms with Gasteiger partial charge in [0.25, 0.3) is 0 Å². The second kappa shape index (κ2) is 5.61. The molecule has 0 radical (unpaired) electrons. The fourth-order valence-electron chi connectivity index (χ4n) is 1.96. The van der Waals surface area contributed by atoms with Gasteiger partial charge in [0.2, 0.25) is 0 Å². The first kappa shape index (κ1) is 13.7. The molecule has 108 valence electrons. The van der Waals surface area contributed by atoms with Gasteiger partial charge in [-0.3, -0.25) is 0 Å². The number of anilines is 2. The highest BCUT2D eigenvalue weighted by molar-refractivity contribution is 9.10. The van der Waals surface area contributed by atoms with E-state index in [-0.39, 0.29) is 11.4 Å². The number of rotatable bonds is 3. The number of carbonyl (C=O) groups is 1. The molecule has 3 rings (SSSR count). The normalized spacial score (nSPS) is 12.8.